The largest absolute Gasteiger partial charge is 0.484 e. The molecule has 2 aliphatic rings. The summed E-state index contributed by atoms with van der Waals surface area (Å²) in [6.07, 6.45) is 7.23. The van der Waals surface area contributed by atoms with E-state index in [2.05, 4.69) is 24.4 Å². The van der Waals surface area contributed by atoms with Crippen LogP contribution in [0.1, 0.15) is 55.9 Å². The Kier molecular flexibility index (Phi) is 6.42. The third-order valence-electron chi connectivity index (χ3n) is 5.16. The Balaban J connectivity index is 0.000000299. The molecule has 4 rings (SSSR count). The van der Waals surface area contributed by atoms with Gasteiger partial charge in [-0.3, -0.25) is 15.4 Å². The number of ether oxygens (including phenoxy) is 1. The first kappa shape index (κ1) is 19.3. The van der Waals surface area contributed by atoms with Crippen molar-refractivity contribution in [3.05, 3.63) is 59.2 Å². The van der Waals surface area contributed by atoms with Crippen LogP contribution in [-0.2, 0) is 0 Å². The fraction of sp³-hybridized carbons (Fsp3) is 0.429. The SMILES string of the molecule is CC1CCCN1.N=Cn1cc(OC2CCC(N)c3ccccc32)ccc1=N. The van der Waals surface area contributed by atoms with Gasteiger partial charge in [-0.05, 0) is 62.4 Å². The number of hydrogen-bond donors (Lipinski definition) is 4. The topological polar surface area (TPSA) is 99.9 Å². The number of nitrogens with zero attached hydrogens (tertiary/aromatic N) is 1. The maximum Gasteiger partial charge on any atom is 0.137 e. The monoisotopic (exact) mass is 367 g/mol. The summed E-state index contributed by atoms with van der Waals surface area (Å²) in [5, 5.41) is 18.3. The first-order valence-electron chi connectivity index (χ1n) is 9.60. The molecule has 5 N–H and O–H groups in total. The van der Waals surface area contributed by atoms with Gasteiger partial charge >= 0.3 is 0 Å². The molecule has 1 saturated heterocycles. The van der Waals surface area contributed by atoms with E-state index in [-0.39, 0.29) is 17.6 Å². The lowest BCUT2D eigenvalue weighted by atomic mass is 9.86. The normalized spacial score (nSPS) is 23.7. The van der Waals surface area contributed by atoms with Crippen LogP contribution in [0.3, 0.4) is 0 Å². The quantitative estimate of drug-likeness (QED) is 0.495. The van der Waals surface area contributed by atoms with Gasteiger partial charge < -0.3 is 15.8 Å². The number of aromatic nitrogens is 1. The molecule has 3 unspecified atom stereocenters. The summed E-state index contributed by atoms with van der Waals surface area (Å²) in [6, 6.07) is 12.4. The molecule has 0 saturated carbocycles. The van der Waals surface area contributed by atoms with Crippen molar-refractivity contribution in [2.24, 2.45) is 5.73 Å². The molecule has 6 heteroatoms. The smallest absolute Gasteiger partial charge is 0.137 e. The van der Waals surface area contributed by atoms with E-state index in [1.807, 2.05) is 12.1 Å². The van der Waals surface area contributed by atoms with Crippen molar-refractivity contribution in [2.75, 3.05) is 6.54 Å². The van der Waals surface area contributed by atoms with Gasteiger partial charge in [0.05, 0.1) is 12.5 Å². The molecule has 144 valence electrons. The maximum absolute atomic E-state index is 7.67. The predicted molar refractivity (Wildman–Crippen MR) is 107 cm³/mol. The second-order valence-corrected chi connectivity index (χ2v) is 7.20. The van der Waals surface area contributed by atoms with Gasteiger partial charge in [0.1, 0.15) is 17.3 Å². The van der Waals surface area contributed by atoms with Crippen molar-refractivity contribution in [3.8, 4) is 5.75 Å². The van der Waals surface area contributed by atoms with E-state index in [9.17, 15) is 0 Å². The summed E-state index contributed by atoms with van der Waals surface area (Å²) in [5.74, 6) is 0.657. The zero-order valence-corrected chi connectivity index (χ0v) is 15.8. The van der Waals surface area contributed by atoms with Crippen molar-refractivity contribution in [3.63, 3.8) is 0 Å². The van der Waals surface area contributed by atoms with Crippen LogP contribution in [0, 0.1) is 10.8 Å². The highest BCUT2D eigenvalue weighted by Gasteiger charge is 2.26. The summed E-state index contributed by atoms with van der Waals surface area (Å²) >= 11 is 0. The Morgan fingerprint density at radius 2 is 1.93 bits per heavy atom. The van der Waals surface area contributed by atoms with Gasteiger partial charge in [-0.2, -0.15) is 0 Å². The molecular formula is C21H29N5O. The second kappa shape index (κ2) is 8.97. The molecule has 2 aromatic rings. The van der Waals surface area contributed by atoms with Gasteiger partial charge in [-0.1, -0.05) is 24.3 Å². The highest BCUT2D eigenvalue weighted by Crippen LogP contribution is 2.37. The summed E-state index contributed by atoms with van der Waals surface area (Å²) < 4.78 is 7.48. The minimum atomic E-state index is -0.0308. The van der Waals surface area contributed by atoms with Crippen LogP contribution < -0.4 is 21.3 Å². The fourth-order valence-electron chi connectivity index (χ4n) is 3.60. The average molecular weight is 367 g/mol. The Bertz CT molecular complexity index is 825. The Morgan fingerprint density at radius 1 is 1.15 bits per heavy atom. The lowest BCUT2D eigenvalue weighted by Crippen LogP contribution is -2.24. The van der Waals surface area contributed by atoms with E-state index in [0.29, 0.717) is 5.75 Å². The number of rotatable bonds is 3. The van der Waals surface area contributed by atoms with E-state index < -0.39 is 0 Å². The van der Waals surface area contributed by atoms with Crippen LogP contribution >= 0.6 is 0 Å². The van der Waals surface area contributed by atoms with E-state index in [4.69, 9.17) is 21.3 Å². The zero-order chi connectivity index (χ0) is 19.2. The van der Waals surface area contributed by atoms with Gasteiger partial charge in [-0.25, -0.2) is 0 Å². The van der Waals surface area contributed by atoms with Gasteiger partial charge in [0.15, 0.2) is 0 Å². The molecule has 0 amide bonds. The molecule has 0 bridgehead atoms. The van der Waals surface area contributed by atoms with Crippen molar-refractivity contribution in [1.82, 2.24) is 9.88 Å². The van der Waals surface area contributed by atoms with Crippen LogP contribution in [0.4, 0.5) is 0 Å². The number of nitrogens with two attached hydrogens (primary N) is 1. The number of fused-ring (bicyclic) bond motifs is 1. The first-order valence-corrected chi connectivity index (χ1v) is 9.60. The number of nitrogens with one attached hydrogen (secondary N) is 3. The van der Waals surface area contributed by atoms with Crippen LogP contribution in [0.25, 0.3) is 0 Å². The van der Waals surface area contributed by atoms with Crippen LogP contribution in [-0.4, -0.2) is 23.5 Å². The molecule has 1 fully saturated rings. The summed E-state index contributed by atoms with van der Waals surface area (Å²) in [5.41, 5.74) is 8.68. The molecule has 1 aromatic heterocycles. The first-order chi connectivity index (χ1) is 13.1. The summed E-state index contributed by atoms with van der Waals surface area (Å²) in [6.45, 7) is 3.47. The van der Waals surface area contributed by atoms with Crippen molar-refractivity contribution >= 4 is 6.34 Å². The van der Waals surface area contributed by atoms with E-state index in [1.54, 1.807) is 18.3 Å². The average Bonchev–Trinajstić information content (AvgIpc) is 3.17. The Morgan fingerprint density at radius 3 is 2.56 bits per heavy atom. The van der Waals surface area contributed by atoms with Gasteiger partial charge in [-0.15, -0.1) is 0 Å². The van der Waals surface area contributed by atoms with Gasteiger partial charge in [0, 0.05) is 12.1 Å². The molecule has 6 nitrogen and oxygen atoms in total. The number of hydrogen-bond acceptors (Lipinski definition) is 5. The summed E-state index contributed by atoms with van der Waals surface area (Å²) in [7, 11) is 0. The number of benzene rings is 1. The lowest BCUT2D eigenvalue weighted by molar-refractivity contribution is 0.176. The highest BCUT2D eigenvalue weighted by atomic mass is 16.5. The maximum atomic E-state index is 7.67. The molecule has 1 aromatic carbocycles. The van der Waals surface area contributed by atoms with Gasteiger partial charge in [0.2, 0.25) is 0 Å². The van der Waals surface area contributed by atoms with Crippen molar-refractivity contribution in [2.45, 2.75) is 50.8 Å². The third kappa shape index (κ3) is 4.84. The summed E-state index contributed by atoms with van der Waals surface area (Å²) in [4.78, 5) is 0. The minimum absolute atomic E-state index is 0.0308. The highest BCUT2D eigenvalue weighted by molar-refractivity contribution is 5.54. The van der Waals surface area contributed by atoms with Crippen molar-refractivity contribution in [1.29, 1.82) is 10.8 Å². The minimum Gasteiger partial charge on any atom is -0.484 e. The van der Waals surface area contributed by atoms with E-state index >= 15 is 0 Å². The van der Waals surface area contributed by atoms with Crippen LogP contribution in [0.5, 0.6) is 5.75 Å². The molecule has 0 radical (unpaired) electrons. The molecule has 2 heterocycles. The second-order valence-electron chi connectivity index (χ2n) is 7.20. The Hall–Kier alpha value is -2.44. The van der Waals surface area contributed by atoms with Crippen LogP contribution in [0.15, 0.2) is 42.6 Å². The molecule has 0 spiro atoms. The predicted octanol–water partition coefficient (Wildman–Crippen LogP) is 3.09. The van der Waals surface area contributed by atoms with Crippen LogP contribution in [0.2, 0.25) is 0 Å². The third-order valence-corrected chi connectivity index (χ3v) is 5.16. The van der Waals surface area contributed by atoms with Crippen molar-refractivity contribution < 1.29 is 4.74 Å². The number of pyridine rings is 1. The molecular weight excluding hydrogens is 338 g/mol. The molecule has 1 aliphatic heterocycles. The molecule has 3 atom stereocenters. The lowest BCUT2D eigenvalue weighted by Gasteiger charge is -2.30. The molecule has 1 aliphatic carbocycles. The zero-order valence-electron chi connectivity index (χ0n) is 15.8. The standard InChI is InChI=1S/C16H18N4O.C5H11N/c17-10-20-9-11(5-8-16(20)19)21-15-7-6-14(18)12-3-1-2-4-13(12)15;1-5-3-2-4-6-5/h1-5,8-10,14-15,17,19H,6-7,18H2;5-6H,2-4H2,1H3. The molecule has 27 heavy (non-hydrogen) atoms. The van der Waals surface area contributed by atoms with E-state index in [0.717, 1.165) is 36.3 Å². The van der Waals surface area contributed by atoms with Gasteiger partial charge in [0.25, 0.3) is 0 Å². The fourth-order valence-corrected chi connectivity index (χ4v) is 3.60. The van der Waals surface area contributed by atoms with E-state index in [1.165, 1.54) is 24.0 Å². The Labute approximate surface area is 160 Å².